The number of H-pyrrole nitrogens is 1. The van der Waals surface area contributed by atoms with Crippen LogP contribution in [0.15, 0.2) is 23.1 Å². The van der Waals surface area contributed by atoms with E-state index in [2.05, 4.69) is 26.3 Å². The van der Waals surface area contributed by atoms with E-state index < -0.39 is 0 Å². The molecule has 0 aromatic carbocycles. The quantitative estimate of drug-likeness (QED) is 0.825. The molecule has 6 nitrogen and oxygen atoms in total. The molecule has 0 spiro atoms. The first-order valence-electron chi connectivity index (χ1n) is 8.72. The summed E-state index contributed by atoms with van der Waals surface area (Å²) in [4.78, 5) is 22.6. The molecule has 2 aromatic rings. The number of piperidine rings is 1. The number of aromatic amines is 1. The molecular formula is C18H27Cl2N5O. The van der Waals surface area contributed by atoms with Crippen LogP contribution < -0.4 is 10.9 Å². The SMILES string of the molecule is Cc1cnc(CN(C)Cc2ccc3n(c2=O)C[C@@H]2CNC[C@H]3C2)[nH]1.Cl.Cl. The normalized spacial score (nSPS) is 20.9. The van der Waals surface area contributed by atoms with Gasteiger partial charge < -0.3 is 14.9 Å². The summed E-state index contributed by atoms with van der Waals surface area (Å²) in [5.74, 6) is 2.02. The molecule has 2 bridgehead atoms. The van der Waals surface area contributed by atoms with E-state index in [0.29, 0.717) is 24.9 Å². The highest BCUT2D eigenvalue weighted by atomic mass is 35.5. The summed E-state index contributed by atoms with van der Waals surface area (Å²) >= 11 is 0. The summed E-state index contributed by atoms with van der Waals surface area (Å²) in [6, 6.07) is 4.18. The van der Waals surface area contributed by atoms with Crippen LogP contribution in [0.25, 0.3) is 0 Å². The highest BCUT2D eigenvalue weighted by molar-refractivity contribution is 5.85. The Bertz CT molecular complexity index is 803. The van der Waals surface area contributed by atoms with Gasteiger partial charge in [0, 0.05) is 48.7 Å². The van der Waals surface area contributed by atoms with E-state index in [1.165, 1.54) is 12.1 Å². The first kappa shape index (κ1) is 21.0. The van der Waals surface area contributed by atoms with Crippen molar-refractivity contribution in [3.8, 4) is 0 Å². The fourth-order valence-electron chi connectivity index (χ4n) is 4.11. The average molecular weight is 400 g/mol. The smallest absolute Gasteiger partial charge is 0.255 e. The van der Waals surface area contributed by atoms with Crippen molar-refractivity contribution in [1.82, 2.24) is 24.8 Å². The van der Waals surface area contributed by atoms with Crippen LogP contribution in [0.4, 0.5) is 0 Å². The largest absolute Gasteiger partial charge is 0.345 e. The van der Waals surface area contributed by atoms with Gasteiger partial charge in [0.15, 0.2) is 0 Å². The van der Waals surface area contributed by atoms with Gasteiger partial charge in [0.2, 0.25) is 0 Å². The minimum Gasteiger partial charge on any atom is -0.345 e. The lowest BCUT2D eigenvalue weighted by Gasteiger charge is -2.37. The van der Waals surface area contributed by atoms with Crippen molar-refractivity contribution in [2.24, 2.45) is 5.92 Å². The molecule has 26 heavy (non-hydrogen) atoms. The van der Waals surface area contributed by atoms with Crippen LogP contribution in [0, 0.1) is 12.8 Å². The first-order chi connectivity index (χ1) is 11.6. The second kappa shape index (κ2) is 8.57. The number of aromatic nitrogens is 3. The minimum absolute atomic E-state index is 0. The second-order valence-electron chi connectivity index (χ2n) is 7.34. The number of nitrogens with zero attached hydrogens (tertiary/aromatic N) is 3. The Labute approximate surface area is 166 Å². The highest BCUT2D eigenvalue weighted by Gasteiger charge is 2.31. The molecule has 4 heterocycles. The van der Waals surface area contributed by atoms with Crippen molar-refractivity contribution < 1.29 is 0 Å². The number of hydrogen-bond acceptors (Lipinski definition) is 4. The molecule has 1 fully saturated rings. The van der Waals surface area contributed by atoms with E-state index in [-0.39, 0.29) is 30.4 Å². The van der Waals surface area contributed by atoms with Crippen LogP contribution >= 0.6 is 24.8 Å². The molecule has 0 amide bonds. The van der Waals surface area contributed by atoms with Crippen LogP contribution in [-0.2, 0) is 19.6 Å². The Balaban J connectivity index is 0.00000121. The number of hydrogen-bond donors (Lipinski definition) is 2. The van der Waals surface area contributed by atoms with Crippen molar-refractivity contribution >= 4 is 24.8 Å². The Morgan fingerprint density at radius 3 is 2.81 bits per heavy atom. The molecule has 8 heteroatoms. The molecule has 4 rings (SSSR count). The molecule has 2 aliphatic heterocycles. The molecule has 2 N–H and O–H groups in total. The van der Waals surface area contributed by atoms with Crippen molar-refractivity contribution in [3.05, 3.63) is 51.5 Å². The predicted molar refractivity (Wildman–Crippen MR) is 107 cm³/mol. The maximum absolute atomic E-state index is 12.9. The van der Waals surface area contributed by atoms with Crippen LogP contribution in [-0.4, -0.2) is 39.6 Å². The molecule has 144 valence electrons. The Morgan fingerprint density at radius 1 is 1.27 bits per heavy atom. The first-order valence-corrected chi connectivity index (χ1v) is 8.72. The van der Waals surface area contributed by atoms with Gasteiger partial charge in [0.1, 0.15) is 5.82 Å². The summed E-state index contributed by atoms with van der Waals surface area (Å²) in [6.07, 6.45) is 3.05. The summed E-state index contributed by atoms with van der Waals surface area (Å²) in [5.41, 5.74) is 3.33. The number of halogens is 2. The van der Waals surface area contributed by atoms with Gasteiger partial charge in [-0.15, -0.1) is 24.8 Å². The van der Waals surface area contributed by atoms with Gasteiger partial charge in [-0.05, 0) is 38.9 Å². The predicted octanol–water partition coefficient (Wildman–Crippen LogP) is 2.06. The van der Waals surface area contributed by atoms with E-state index in [9.17, 15) is 4.79 Å². The number of fused-ring (bicyclic) bond motifs is 4. The third kappa shape index (κ3) is 4.14. The number of imidazole rings is 1. The zero-order chi connectivity index (χ0) is 16.7. The number of nitrogens with one attached hydrogen (secondary N) is 2. The minimum atomic E-state index is 0. The van der Waals surface area contributed by atoms with Crippen LogP contribution in [0.1, 0.15) is 35.1 Å². The molecule has 1 saturated heterocycles. The van der Waals surface area contributed by atoms with Gasteiger partial charge in [0.05, 0.1) is 6.54 Å². The van der Waals surface area contributed by atoms with Crippen LogP contribution in [0.5, 0.6) is 0 Å². The van der Waals surface area contributed by atoms with Gasteiger partial charge in [0.25, 0.3) is 5.56 Å². The topological polar surface area (TPSA) is 66.0 Å². The molecule has 0 saturated carbocycles. The molecule has 2 aliphatic rings. The maximum Gasteiger partial charge on any atom is 0.255 e. The van der Waals surface area contributed by atoms with Gasteiger partial charge in [-0.1, -0.05) is 6.07 Å². The van der Waals surface area contributed by atoms with Crippen LogP contribution in [0.3, 0.4) is 0 Å². The lowest BCUT2D eigenvalue weighted by atomic mass is 9.84. The number of rotatable bonds is 4. The molecular weight excluding hydrogens is 373 g/mol. The zero-order valence-electron chi connectivity index (χ0n) is 15.2. The summed E-state index contributed by atoms with van der Waals surface area (Å²) in [5, 5.41) is 3.49. The molecule has 2 atom stereocenters. The van der Waals surface area contributed by atoms with Gasteiger partial charge in [-0.25, -0.2) is 4.98 Å². The lowest BCUT2D eigenvalue weighted by Crippen LogP contribution is -2.45. The van der Waals surface area contributed by atoms with Crippen LogP contribution in [0.2, 0.25) is 0 Å². The Morgan fingerprint density at radius 2 is 2.08 bits per heavy atom. The standard InChI is InChI=1S/C18H25N5O.2ClH/c1-12-6-20-17(21-12)11-22(2)10-14-3-4-16-15-5-13(7-19-8-15)9-23(16)18(14)24;;/h3-4,6,13,15,19H,5,7-11H2,1-2H3,(H,20,21);2*1H/t13-,15+;;/m0../s1. The highest BCUT2D eigenvalue weighted by Crippen LogP contribution is 2.31. The summed E-state index contributed by atoms with van der Waals surface area (Å²) in [6.45, 7) is 6.23. The van der Waals surface area contributed by atoms with Crippen molar-refractivity contribution in [1.29, 1.82) is 0 Å². The fourth-order valence-corrected chi connectivity index (χ4v) is 4.11. The van der Waals surface area contributed by atoms with E-state index in [4.69, 9.17) is 0 Å². The zero-order valence-corrected chi connectivity index (χ0v) is 16.8. The Hall–Kier alpha value is -1.34. The van der Waals surface area contributed by atoms with Gasteiger partial charge >= 0.3 is 0 Å². The monoisotopic (exact) mass is 399 g/mol. The fraction of sp³-hybridized carbons (Fsp3) is 0.556. The van der Waals surface area contributed by atoms with E-state index in [1.807, 2.05) is 30.8 Å². The molecule has 2 aromatic heterocycles. The molecule has 0 aliphatic carbocycles. The van der Waals surface area contributed by atoms with E-state index in [0.717, 1.165) is 36.7 Å². The van der Waals surface area contributed by atoms with E-state index in [1.54, 1.807) is 0 Å². The maximum atomic E-state index is 12.9. The van der Waals surface area contributed by atoms with E-state index >= 15 is 0 Å². The second-order valence-corrected chi connectivity index (χ2v) is 7.34. The third-order valence-electron chi connectivity index (χ3n) is 5.20. The molecule has 0 unspecified atom stereocenters. The summed E-state index contributed by atoms with van der Waals surface area (Å²) in [7, 11) is 2.03. The third-order valence-corrected chi connectivity index (χ3v) is 5.20. The van der Waals surface area contributed by atoms with Crippen molar-refractivity contribution in [2.75, 3.05) is 20.1 Å². The van der Waals surface area contributed by atoms with Gasteiger partial charge in [-0.3, -0.25) is 9.69 Å². The number of pyridine rings is 1. The van der Waals surface area contributed by atoms with Gasteiger partial charge in [-0.2, -0.15) is 0 Å². The molecule has 0 radical (unpaired) electrons. The van der Waals surface area contributed by atoms with Crippen molar-refractivity contribution in [3.63, 3.8) is 0 Å². The lowest BCUT2D eigenvalue weighted by molar-refractivity contribution is 0.254. The summed E-state index contributed by atoms with van der Waals surface area (Å²) < 4.78 is 2.03. The average Bonchev–Trinajstić information content (AvgIpc) is 2.96. The van der Waals surface area contributed by atoms with Crippen molar-refractivity contribution in [2.45, 2.75) is 38.9 Å². The number of aryl methyl sites for hydroxylation is 1. The Kier molecular flexibility index (Phi) is 6.91.